The molecule has 0 bridgehead atoms. The maximum absolute atomic E-state index is 12.9. The minimum absolute atomic E-state index is 0.162. The predicted molar refractivity (Wildman–Crippen MR) is 280 cm³/mol. The molecule has 68 heavy (non-hydrogen) atoms. The summed E-state index contributed by atoms with van der Waals surface area (Å²) in [5, 5.41) is 9.79. The first kappa shape index (κ1) is 66.0. The van der Waals surface area contributed by atoms with Crippen LogP contribution in [-0.2, 0) is 42.2 Å². The Hall–Kier alpha value is -2.04. The number of aliphatic hydroxyl groups excluding tert-OH is 1. The molecule has 0 fully saturated rings. The Morgan fingerprint density at radius 1 is 0.397 bits per heavy atom. The zero-order chi connectivity index (χ0) is 49.9. The summed E-state index contributed by atoms with van der Waals surface area (Å²) in [5.74, 6) is -1.46. The van der Waals surface area contributed by atoms with E-state index >= 15 is 0 Å². The predicted octanol–water partition coefficient (Wildman–Crippen LogP) is 16.3. The molecule has 0 spiro atoms. The van der Waals surface area contributed by atoms with Crippen LogP contribution in [-0.4, -0.2) is 66.5 Å². The summed E-state index contributed by atoms with van der Waals surface area (Å²) in [7, 11) is -4.74. The summed E-state index contributed by atoms with van der Waals surface area (Å²) < 4.78 is 39.4. The molecule has 3 atom stereocenters. The smallest absolute Gasteiger partial charge is 0.462 e. The van der Waals surface area contributed by atoms with Crippen LogP contribution in [0.2, 0.25) is 0 Å². The van der Waals surface area contributed by atoms with Gasteiger partial charge in [0, 0.05) is 19.3 Å². The van der Waals surface area contributed by atoms with Crippen molar-refractivity contribution in [1.82, 2.24) is 0 Å². The summed E-state index contributed by atoms with van der Waals surface area (Å²) in [6.07, 6.45) is 49.9. The lowest BCUT2D eigenvalue weighted by Gasteiger charge is -2.21. The van der Waals surface area contributed by atoms with E-state index in [0.29, 0.717) is 19.3 Å². The normalized spacial score (nSPS) is 13.5. The first-order chi connectivity index (χ1) is 33.2. The fourth-order valence-corrected chi connectivity index (χ4v) is 8.78. The lowest BCUT2D eigenvalue weighted by molar-refractivity contribution is -0.161. The molecule has 11 nitrogen and oxygen atoms in total. The monoisotopic (exact) mass is 985 g/mol. The third kappa shape index (κ3) is 49.0. The minimum atomic E-state index is -4.74. The number of carbonyl (C=O) groups is 3. The van der Waals surface area contributed by atoms with E-state index in [0.717, 1.165) is 96.3 Å². The molecule has 0 aromatic rings. The fourth-order valence-electron chi connectivity index (χ4n) is 7.99. The van der Waals surface area contributed by atoms with Gasteiger partial charge in [0.15, 0.2) is 6.10 Å². The van der Waals surface area contributed by atoms with Crippen LogP contribution in [0.25, 0.3) is 0 Å². The lowest BCUT2D eigenvalue weighted by Crippen LogP contribution is -2.30. The molecule has 0 aliphatic carbocycles. The van der Waals surface area contributed by atoms with Crippen molar-refractivity contribution in [2.24, 2.45) is 0 Å². The number of phosphoric ester groups is 1. The second-order valence-corrected chi connectivity index (χ2v) is 20.6. The SMILES string of the molecule is CCCCCC/C=C\CCCCCCCC(=O)OC(CO)COP(=O)(O)OCC(COC(=O)CCCCCCCCCCCCCCCCC)OC(=O)CCCCCCC/C=C\CCCCCC. The van der Waals surface area contributed by atoms with Crippen LogP contribution < -0.4 is 0 Å². The molecular weight excluding hydrogens is 880 g/mol. The van der Waals surface area contributed by atoms with Gasteiger partial charge in [-0.2, -0.15) is 0 Å². The van der Waals surface area contributed by atoms with Crippen molar-refractivity contribution in [2.75, 3.05) is 26.4 Å². The van der Waals surface area contributed by atoms with E-state index in [-0.39, 0.29) is 25.9 Å². The zero-order valence-corrected chi connectivity index (χ0v) is 45.0. The van der Waals surface area contributed by atoms with E-state index in [1.165, 1.54) is 122 Å². The van der Waals surface area contributed by atoms with Crippen LogP contribution in [0.3, 0.4) is 0 Å². The van der Waals surface area contributed by atoms with Crippen LogP contribution in [0.1, 0.15) is 278 Å². The highest BCUT2D eigenvalue weighted by molar-refractivity contribution is 7.47. The van der Waals surface area contributed by atoms with Gasteiger partial charge >= 0.3 is 25.7 Å². The Bertz CT molecular complexity index is 1240. The highest BCUT2D eigenvalue weighted by Gasteiger charge is 2.28. The van der Waals surface area contributed by atoms with Crippen molar-refractivity contribution in [1.29, 1.82) is 0 Å². The van der Waals surface area contributed by atoms with Crippen molar-refractivity contribution >= 4 is 25.7 Å². The Morgan fingerprint density at radius 3 is 1.03 bits per heavy atom. The molecule has 0 aliphatic rings. The highest BCUT2D eigenvalue weighted by atomic mass is 31.2. The number of hydrogen-bond donors (Lipinski definition) is 2. The van der Waals surface area contributed by atoms with E-state index in [9.17, 15) is 28.9 Å². The molecule has 0 aliphatic heterocycles. The van der Waals surface area contributed by atoms with Gasteiger partial charge in [-0.15, -0.1) is 0 Å². The maximum Gasteiger partial charge on any atom is 0.472 e. The van der Waals surface area contributed by atoms with E-state index in [4.69, 9.17) is 23.3 Å². The number of unbranched alkanes of at least 4 members (excludes halogenated alkanes) is 32. The zero-order valence-electron chi connectivity index (χ0n) is 44.1. The number of phosphoric acid groups is 1. The van der Waals surface area contributed by atoms with Crippen LogP contribution in [0, 0.1) is 0 Å². The number of aliphatic hydroxyl groups is 1. The summed E-state index contributed by atoms with van der Waals surface area (Å²) in [5.41, 5.74) is 0. The topological polar surface area (TPSA) is 155 Å². The van der Waals surface area contributed by atoms with Crippen LogP contribution in [0.4, 0.5) is 0 Å². The number of carbonyl (C=O) groups excluding carboxylic acids is 3. The first-order valence-corrected chi connectivity index (χ1v) is 29.7. The van der Waals surface area contributed by atoms with Gasteiger partial charge in [-0.1, -0.05) is 212 Å². The summed E-state index contributed by atoms with van der Waals surface area (Å²) in [6, 6.07) is 0. The average Bonchev–Trinajstić information content (AvgIpc) is 3.32. The second-order valence-electron chi connectivity index (χ2n) is 19.1. The molecule has 0 saturated heterocycles. The third-order valence-corrected chi connectivity index (χ3v) is 13.3. The van der Waals surface area contributed by atoms with Crippen molar-refractivity contribution in [2.45, 2.75) is 290 Å². The molecule has 0 saturated carbocycles. The number of hydrogen-bond acceptors (Lipinski definition) is 10. The largest absolute Gasteiger partial charge is 0.472 e. The minimum Gasteiger partial charge on any atom is -0.462 e. The van der Waals surface area contributed by atoms with Gasteiger partial charge < -0.3 is 24.2 Å². The first-order valence-electron chi connectivity index (χ1n) is 28.2. The molecule has 0 heterocycles. The van der Waals surface area contributed by atoms with Crippen molar-refractivity contribution < 1.29 is 52.2 Å². The van der Waals surface area contributed by atoms with Gasteiger partial charge in [0.1, 0.15) is 12.7 Å². The number of allylic oxidation sites excluding steroid dienone is 4. The van der Waals surface area contributed by atoms with Crippen LogP contribution >= 0.6 is 7.82 Å². The average molecular weight is 985 g/mol. The molecular formula is C56H105O11P. The molecule has 0 aromatic heterocycles. The Morgan fingerprint density at radius 2 is 0.676 bits per heavy atom. The number of rotatable bonds is 53. The Kier molecular flexibility index (Phi) is 49.8. The van der Waals surface area contributed by atoms with Gasteiger partial charge in [0.05, 0.1) is 19.8 Å². The fraction of sp³-hybridized carbons (Fsp3) is 0.875. The standard InChI is InChI=1S/C56H105O11P/c1-4-7-10-13-16-19-22-25-26-29-30-33-36-39-42-45-54(58)63-49-53(67-56(60)47-44-41-38-35-32-28-24-21-18-15-12-9-6-3)51-65-68(61,62)64-50-52(48-57)66-55(59)46-43-40-37-34-31-27-23-20-17-14-11-8-5-2/h20-21,23-24,52-53,57H,4-19,22,25-51H2,1-3H3,(H,61,62)/b23-20-,24-21-. The van der Waals surface area contributed by atoms with Crippen molar-refractivity contribution in [3.63, 3.8) is 0 Å². The summed E-state index contributed by atoms with van der Waals surface area (Å²) >= 11 is 0. The number of esters is 3. The van der Waals surface area contributed by atoms with Gasteiger partial charge in [0.25, 0.3) is 0 Å². The van der Waals surface area contributed by atoms with Gasteiger partial charge in [-0.3, -0.25) is 23.4 Å². The molecule has 0 amide bonds. The van der Waals surface area contributed by atoms with Crippen molar-refractivity contribution in [3.05, 3.63) is 24.3 Å². The molecule has 3 unspecified atom stereocenters. The maximum atomic E-state index is 12.9. The van der Waals surface area contributed by atoms with Gasteiger partial charge in [-0.05, 0) is 70.6 Å². The van der Waals surface area contributed by atoms with E-state index < -0.39 is 57.8 Å². The van der Waals surface area contributed by atoms with E-state index in [2.05, 4.69) is 45.1 Å². The third-order valence-electron chi connectivity index (χ3n) is 12.3. The second kappa shape index (κ2) is 51.3. The Labute approximate surface area is 417 Å². The lowest BCUT2D eigenvalue weighted by atomic mass is 10.0. The van der Waals surface area contributed by atoms with E-state index in [1.807, 2.05) is 0 Å². The van der Waals surface area contributed by atoms with E-state index in [1.54, 1.807) is 0 Å². The molecule has 2 N–H and O–H groups in total. The molecule has 0 aromatic carbocycles. The quantitative estimate of drug-likeness (QED) is 0.0197. The van der Waals surface area contributed by atoms with Crippen LogP contribution in [0.5, 0.6) is 0 Å². The number of ether oxygens (including phenoxy) is 3. The van der Waals surface area contributed by atoms with Gasteiger partial charge in [0.2, 0.25) is 0 Å². The summed E-state index contributed by atoms with van der Waals surface area (Å²) in [4.78, 5) is 48.4. The van der Waals surface area contributed by atoms with Gasteiger partial charge in [-0.25, -0.2) is 4.57 Å². The van der Waals surface area contributed by atoms with Crippen LogP contribution in [0.15, 0.2) is 24.3 Å². The molecule has 400 valence electrons. The Balaban J connectivity index is 4.70. The molecule has 12 heteroatoms. The van der Waals surface area contributed by atoms with Crippen molar-refractivity contribution in [3.8, 4) is 0 Å². The molecule has 0 radical (unpaired) electrons. The molecule has 0 rings (SSSR count). The summed E-state index contributed by atoms with van der Waals surface area (Å²) in [6.45, 7) is 4.63. The highest BCUT2D eigenvalue weighted by Crippen LogP contribution is 2.43.